The molecule has 0 aliphatic carbocycles. The number of aromatic nitrogens is 1. The van der Waals surface area contributed by atoms with Gasteiger partial charge in [-0.25, -0.2) is 13.4 Å². The van der Waals surface area contributed by atoms with Crippen molar-refractivity contribution in [3.63, 3.8) is 0 Å². The third-order valence-electron chi connectivity index (χ3n) is 3.11. The van der Waals surface area contributed by atoms with Crippen LogP contribution in [-0.4, -0.2) is 37.2 Å². The first kappa shape index (κ1) is 19.3. The Kier molecular flexibility index (Phi) is 6.38. The number of carbonyl (C=O) groups excluding carboxylic acids is 1. The molecular formula is C14H18ClN3O3S3. The predicted octanol–water partition coefficient (Wildman–Crippen LogP) is 2.92. The molecule has 2 aromatic rings. The molecule has 6 nitrogen and oxygen atoms in total. The van der Waals surface area contributed by atoms with Crippen molar-refractivity contribution in [1.82, 2.24) is 14.6 Å². The molecule has 24 heavy (non-hydrogen) atoms. The molecule has 0 saturated heterocycles. The molecule has 0 radical (unpaired) electrons. The number of nitrogens with zero attached hydrogens (tertiary/aromatic N) is 2. The number of thiazole rings is 1. The zero-order chi connectivity index (χ0) is 17.9. The maximum Gasteiger partial charge on any atom is 0.252 e. The average Bonchev–Trinajstić information content (AvgIpc) is 3.14. The Balaban J connectivity index is 1.91. The van der Waals surface area contributed by atoms with Gasteiger partial charge in [-0.05, 0) is 12.1 Å². The minimum absolute atomic E-state index is 0.115. The van der Waals surface area contributed by atoms with Crippen molar-refractivity contribution in [1.29, 1.82) is 0 Å². The van der Waals surface area contributed by atoms with Crippen molar-refractivity contribution in [2.75, 3.05) is 13.6 Å². The number of sulfonamides is 1. The lowest BCUT2D eigenvalue weighted by Gasteiger charge is -2.15. The second kappa shape index (κ2) is 7.92. The van der Waals surface area contributed by atoms with Gasteiger partial charge in [0.2, 0.25) is 5.91 Å². The number of likely N-dealkylation sites (N-methyl/N-ethyl adjacent to an activating group) is 1. The summed E-state index contributed by atoms with van der Waals surface area (Å²) in [6.07, 6.45) is 0. The van der Waals surface area contributed by atoms with Gasteiger partial charge in [0.15, 0.2) is 0 Å². The fraction of sp³-hybridized carbons (Fsp3) is 0.429. The molecule has 132 valence electrons. The van der Waals surface area contributed by atoms with Gasteiger partial charge in [0, 0.05) is 18.3 Å². The molecule has 0 spiro atoms. The fourth-order valence-electron chi connectivity index (χ4n) is 1.79. The topological polar surface area (TPSA) is 79.4 Å². The highest BCUT2D eigenvalue weighted by Crippen LogP contribution is 2.27. The fourth-order valence-corrected chi connectivity index (χ4v) is 5.45. The normalized spacial score (nSPS) is 12.1. The smallest absolute Gasteiger partial charge is 0.252 e. The van der Waals surface area contributed by atoms with Crippen molar-refractivity contribution in [3.8, 4) is 0 Å². The second-order valence-corrected chi connectivity index (χ2v) is 10.3. The van der Waals surface area contributed by atoms with E-state index in [0.29, 0.717) is 10.3 Å². The minimum atomic E-state index is -3.71. The van der Waals surface area contributed by atoms with Gasteiger partial charge < -0.3 is 5.32 Å². The minimum Gasteiger partial charge on any atom is -0.349 e. The van der Waals surface area contributed by atoms with Crippen LogP contribution in [0.5, 0.6) is 0 Å². The zero-order valence-corrected chi connectivity index (χ0v) is 16.7. The number of rotatable bonds is 7. The molecule has 1 amide bonds. The summed E-state index contributed by atoms with van der Waals surface area (Å²) in [6, 6.07) is 2.95. The van der Waals surface area contributed by atoms with Crippen LogP contribution in [0.4, 0.5) is 0 Å². The first-order chi connectivity index (χ1) is 11.2. The third-order valence-corrected chi connectivity index (χ3v) is 7.81. The van der Waals surface area contributed by atoms with Gasteiger partial charge in [-0.2, -0.15) is 4.31 Å². The van der Waals surface area contributed by atoms with Crippen molar-refractivity contribution in [2.24, 2.45) is 0 Å². The average molecular weight is 408 g/mol. The Morgan fingerprint density at radius 3 is 2.67 bits per heavy atom. The second-order valence-electron chi connectivity index (χ2n) is 5.43. The molecule has 0 aliphatic rings. The van der Waals surface area contributed by atoms with E-state index in [1.54, 1.807) is 11.3 Å². The molecule has 0 atom stereocenters. The lowest BCUT2D eigenvalue weighted by atomic mass is 10.2. The van der Waals surface area contributed by atoms with Crippen molar-refractivity contribution < 1.29 is 13.2 Å². The molecule has 0 unspecified atom stereocenters. The van der Waals surface area contributed by atoms with Crippen LogP contribution in [0.25, 0.3) is 0 Å². The summed E-state index contributed by atoms with van der Waals surface area (Å²) in [5, 5.41) is 5.59. The van der Waals surface area contributed by atoms with E-state index in [-0.39, 0.29) is 23.2 Å². The molecule has 0 aromatic carbocycles. The van der Waals surface area contributed by atoms with Crippen LogP contribution in [0.2, 0.25) is 4.34 Å². The molecule has 2 heterocycles. The Morgan fingerprint density at radius 2 is 2.12 bits per heavy atom. The zero-order valence-electron chi connectivity index (χ0n) is 13.4. The monoisotopic (exact) mass is 407 g/mol. The van der Waals surface area contributed by atoms with Crippen molar-refractivity contribution in [3.05, 3.63) is 32.6 Å². The largest absolute Gasteiger partial charge is 0.349 e. The number of amides is 1. The van der Waals surface area contributed by atoms with Gasteiger partial charge in [0.05, 0.1) is 28.1 Å². The molecule has 0 aliphatic heterocycles. The van der Waals surface area contributed by atoms with Gasteiger partial charge in [-0.3, -0.25) is 4.79 Å². The first-order valence-electron chi connectivity index (χ1n) is 7.13. The Morgan fingerprint density at radius 1 is 1.42 bits per heavy atom. The molecule has 0 saturated carbocycles. The standard InChI is InChI=1S/C14H18ClN3O3S3/c1-9(2)14-17-10(8-22-14)6-16-12(19)7-18(3)24(20,21)13-5-4-11(15)23-13/h4-5,8-9H,6-7H2,1-3H3,(H,16,19). The summed E-state index contributed by atoms with van der Waals surface area (Å²) in [5.74, 6) is -0.0452. The Labute approximate surface area is 154 Å². The van der Waals surface area contributed by atoms with E-state index in [1.165, 1.54) is 19.2 Å². The van der Waals surface area contributed by atoms with Crippen LogP contribution in [-0.2, 0) is 21.4 Å². The highest BCUT2D eigenvalue weighted by Gasteiger charge is 2.24. The number of thiophene rings is 1. The van der Waals surface area contributed by atoms with E-state index in [1.807, 2.05) is 5.38 Å². The molecule has 0 bridgehead atoms. The summed E-state index contributed by atoms with van der Waals surface area (Å²) in [7, 11) is -2.35. The predicted molar refractivity (Wildman–Crippen MR) is 97.2 cm³/mol. The SMILES string of the molecule is CC(C)c1nc(CNC(=O)CN(C)S(=O)(=O)c2ccc(Cl)s2)cs1. The molecule has 1 N–H and O–H groups in total. The van der Waals surface area contributed by atoms with E-state index in [0.717, 1.165) is 26.3 Å². The van der Waals surface area contributed by atoms with Crippen LogP contribution < -0.4 is 5.32 Å². The van der Waals surface area contributed by atoms with Crippen LogP contribution in [0.1, 0.15) is 30.5 Å². The van der Waals surface area contributed by atoms with Gasteiger partial charge in [0.25, 0.3) is 10.0 Å². The van der Waals surface area contributed by atoms with Crippen LogP contribution >= 0.6 is 34.3 Å². The van der Waals surface area contributed by atoms with E-state index in [4.69, 9.17) is 11.6 Å². The lowest BCUT2D eigenvalue weighted by Crippen LogP contribution is -2.37. The maximum absolute atomic E-state index is 12.3. The van der Waals surface area contributed by atoms with E-state index >= 15 is 0 Å². The highest BCUT2D eigenvalue weighted by molar-refractivity contribution is 7.91. The van der Waals surface area contributed by atoms with Crippen LogP contribution in [0.15, 0.2) is 21.7 Å². The van der Waals surface area contributed by atoms with Gasteiger partial charge in [-0.15, -0.1) is 22.7 Å². The highest BCUT2D eigenvalue weighted by atomic mass is 35.5. The Bertz CT molecular complexity index is 814. The summed E-state index contributed by atoms with van der Waals surface area (Å²) >= 11 is 8.28. The summed E-state index contributed by atoms with van der Waals surface area (Å²) < 4.78 is 26.1. The number of carbonyl (C=O) groups is 1. The number of hydrogen-bond donors (Lipinski definition) is 1. The van der Waals surface area contributed by atoms with E-state index in [9.17, 15) is 13.2 Å². The lowest BCUT2D eigenvalue weighted by molar-refractivity contribution is -0.121. The van der Waals surface area contributed by atoms with Crippen molar-refractivity contribution in [2.45, 2.75) is 30.5 Å². The van der Waals surface area contributed by atoms with Crippen molar-refractivity contribution >= 4 is 50.2 Å². The molecule has 0 fully saturated rings. The quantitative estimate of drug-likeness (QED) is 0.765. The van der Waals surface area contributed by atoms with Crippen LogP contribution in [0.3, 0.4) is 0 Å². The van der Waals surface area contributed by atoms with E-state index in [2.05, 4.69) is 24.1 Å². The maximum atomic E-state index is 12.3. The third kappa shape index (κ3) is 4.76. The molecule has 2 aromatic heterocycles. The molecular weight excluding hydrogens is 390 g/mol. The number of nitrogens with one attached hydrogen (secondary N) is 1. The molecule has 2 rings (SSSR count). The van der Waals surface area contributed by atoms with Gasteiger partial charge in [-0.1, -0.05) is 25.4 Å². The Hall–Kier alpha value is -1.000. The number of hydrogen-bond acceptors (Lipinski definition) is 6. The summed E-state index contributed by atoms with van der Waals surface area (Å²) in [4.78, 5) is 16.4. The van der Waals surface area contributed by atoms with Crippen LogP contribution in [0, 0.1) is 0 Å². The van der Waals surface area contributed by atoms with Gasteiger partial charge in [0.1, 0.15) is 4.21 Å². The first-order valence-corrected chi connectivity index (χ1v) is 10.6. The molecule has 10 heteroatoms. The number of halogens is 1. The summed E-state index contributed by atoms with van der Waals surface area (Å²) in [6.45, 7) is 4.12. The van der Waals surface area contributed by atoms with E-state index < -0.39 is 10.0 Å². The van der Waals surface area contributed by atoms with Gasteiger partial charge >= 0.3 is 0 Å². The summed E-state index contributed by atoms with van der Waals surface area (Å²) in [5.41, 5.74) is 0.771.